The Bertz CT molecular complexity index is 745. The van der Waals surface area contributed by atoms with Crippen LogP contribution in [0.2, 0.25) is 0 Å². The Hall–Kier alpha value is -1.76. The van der Waals surface area contributed by atoms with Crippen molar-refractivity contribution in [1.82, 2.24) is 4.90 Å². The van der Waals surface area contributed by atoms with Gasteiger partial charge in [-0.2, -0.15) is 0 Å². The summed E-state index contributed by atoms with van der Waals surface area (Å²) in [5, 5.41) is 0. The zero-order chi connectivity index (χ0) is 22.4. The summed E-state index contributed by atoms with van der Waals surface area (Å²) in [6, 6.07) is 4.46. The fourth-order valence-electron chi connectivity index (χ4n) is 4.16. The van der Waals surface area contributed by atoms with E-state index in [1.807, 2.05) is 33.9 Å². The van der Waals surface area contributed by atoms with Crippen LogP contribution in [-0.4, -0.2) is 56.4 Å². The fraction of sp³-hybridized carbons (Fsp3) is 0.652. The van der Waals surface area contributed by atoms with E-state index in [-0.39, 0.29) is 18.1 Å². The number of hydrogen-bond donors (Lipinski definition) is 0. The molecule has 1 aliphatic rings. The van der Waals surface area contributed by atoms with Gasteiger partial charge in [0.05, 0.1) is 19.3 Å². The van der Waals surface area contributed by atoms with Crippen LogP contribution < -0.4 is 4.90 Å². The molecule has 0 N–H and O–H groups in total. The summed E-state index contributed by atoms with van der Waals surface area (Å²) in [6.07, 6.45) is 3.61. The third-order valence-electron chi connectivity index (χ3n) is 5.88. The number of nitrogens with zero attached hydrogens (tertiary/aromatic N) is 2. The number of carbonyl (C=O) groups is 2. The molecule has 30 heavy (non-hydrogen) atoms. The van der Waals surface area contributed by atoms with Gasteiger partial charge in [0.1, 0.15) is 0 Å². The van der Waals surface area contributed by atoms with E-state index >= 15 is 0 Å². The van der Waals surface area contributed by atoms with E-state index in [0.717, 1.165) is 48.0 Å². The van der Waals surface area contributed by atoms with Crippen LogP contribution in [0.4, 0.5) is 10.5 Å². The summed E-state index contributed by atoms with van der Waals surface area (Å²) in [7, 11) is 3.25. The van der Waals surface area contributed by atoms with E-state index in [1.165, 1.54) is 7.11 Å². The molecular weight excluding hydrogens is 448 g/mol. The minimum atomic E-state index is -0.323. The van der Waals surface area contributed by atoms with Crippen molar-refractivity contribution in [1.29, 1.82) is 0 Å². The average Bonchev–Trinajstić information content (AvgIpc) is 2.73. The molecule has 0 heterocycles. The molecule has 168 valence electrons. The molecule has 0 spiro atoms. The predicted octanol–water partition coefficient (Wildman–Crippen LogP) is 5.41. The highest BCUT2D eigenvalue weighted by molar-refractivity contribution is 9.10. The van der Waals surface area contributed by atoms with Crippen LogP contribution in [0.1, 0.15) is 62.4 Å². The van der Waals surface area contributed by atoms with E-state index < -0.39 is 0 Å². The number of benzene rings is 1. The molecule has 0 aromatic heterocycles. The summed E-state index contributed by atoms with van der Waals surface area (Å²) in [6.45, 7) is 9.48. The number of rotatable bonds is 7. The first-order chi connectivity index (χ1) is 14.2. The highest BCUT2D eigenvalue weighted by Gasteiger charge is 2.31. The van der Waals surface area contributed by atoms with Crippen molar-refractivity contribution in [3.05, 3.63) is 27.7 Å². The lowest BCUT2D eigenvalue weighted by atomic mass is 9.88. The van der Waals surface area contributed by atoms with Gasteiger partial charge in [-0.15, -0.1) is 0 Å². The number of carbonyl (C=O) groups excluding carboxylic acids is 2. The van der Waals surface area contributed by atoms with Gasteiger partial charge in [0, 0.05) is 35.8 Å². The molecule has 1 amide bonds. The topological polar surface area (TPSA) is 59.1 Å². The van der Waals surface area contributed by atoms with Gasteiger partial charge in [0.15, 0.2) is 0 Å². The van der Waals surface area contributed by atoms with Gasteiger partial charge in [0.2, 0.25) is 0 Å². The van der Waals surface area contributed by atoms with E-state index in [4.69, 9.17) is 9.47 Å². The van der Waals surface area contributed by atoms with Gasteiger partial charge in [-0.05, 0) is 63.1 Å². The van der Waals surface area contributed by atoms with E-state index in [0.29, 0.717) is 24.1 Å². The monoisotopic (exact) mass is 482 g/mol. The molecule has 2 rings (SSSR count). The number of ether oxygens (including phenoxy) is 2. The minimum absolute atomic E-state index is 0.203. The van der Waals surface area contributed by atoms with Crippen LogP contribution in [-0.2, 0) is 9.47 Å². The van der Waals surface area contributed by atoms with Crippen molar-refractivity contribution in [2.45, 2.75) is 65.5 Å². The number of hydrogen-bond acceptors (Lipinski definition) is 5. The molecule has 0 saturated heterocycles. The Labute approximate surface area is 189 Å². The van der Waals surface area contributed by atoms with E-state index in [1.54, 1.807) is 4.90 Å². The molecule has 1 saturated carbocycles. The Balaban J connectivity index is 2.10. The fourth-order valence-corrected chi connectivity index (χ4v) is 4.60. The Morgan fingerprint density at radius 2 is 1.77 bits per heavy atom. The van der Waals surface area contributed by atoms with E-state index in [2.05, 4.69) is 33.8 Å². The Morgan fingerprint density at radius 1 is 1.17 bits per heavy atom. The molecule has 1 fully saturated rings. The Kier molecular flexibility index (Phi) is 9.01. The molecule has 0 bridgehead atoms. The molecule has 6 nitrogen and oxygen atoms in total. The standard InChI is InChI=1S/C23H35BrN2O4/c1-7-26(21-13-17(24)12-20(16(21)4)22(27)29-6)19-10-8-18(9-11-19)25(5)23(28)30-14-15(2)3/h12-13,15,18-19H,7-11,14H2,1-6H3. The molecule has 7 heteroatoms. The third kappa shape index (κ3) is 5.90. The molecule has 0 unspecified atom stereocenters. The van der Waals surface area contributed by atoms with Crippen molar-refractivity contribution in [2.75, 3.05) is 32.2 Å². The zero-order valence-corrected chi connectivity index (χ0v) is 20.6. The lowest BCUT2D eigenvalue weighted by Gasteiger charge is -2.40. The van der Waals surface area contributed by atoms with Gasteiger partial charge in [-0.25, -0.2) is 9.59 Å². The van der Waals surface area contributed by atoms with Crippen LogP contribution in [0.25, 0.3) is 0 Å². The van der Waals surface area contributed by atoms with Crippen LogP contribution in [0, 0.1) is 12.8 Å². The third-order valence-corrected chi connectivity index (χ3v) is 6.34. The maximum Gasteiger partial charge on any atom is 0.409 e. The first kappa shape index (κ1) is 24.5. The largest absolute Gasteiger partial charge is 0.465 e. The molecule has 0 radical (unpaired) electrons. The number of amides is 1. The van der Waals surface area contributed by atoms with Crippen molar-refractivity contribution < 1.29 is 19.1 Å². The average molecular weight is 483 g/mol. The van der Waals surface area contributed by atoms with Gasteiger partial charge >= 0.3 is 12.1 Å². The highest BCUT2D eigenvalue weighted by Crippen LogP contribution is 2.34. The van der Waals surface area contributed by atoms with Crippen LogP contribution in [0.15, 0.2) is 16.6 Å². The summed E-state index contributed by atoms with van der Waals surface area (Å²) >= 11 is 3.54. The van der Waals surface area contributed by atoms with Crippen molar-refractivity contribution >= 4 is 33.7 Å². The molecule has 1 aromatic rings. The second-order valence-corrected chi connectivity index (χ2v) is 9.33. The summed E-state index contributed by atoms with van der Waals surface area (Å²) in [4.78, 5) is 28.6. The summed E-state index contributed by atoms with van der Waals surface area (Å²) in [5.41, 5.74) is 2.57. The number of methoxy groups -OCH3 is 1. The quantitative estimate of drug-likeness (QED) is 0.486. The highest BCUT2D eigenvalue weighted by atomic mass is 79.9. The Morgan fingerprint density at radius 3 is 2.30 bits per heavy atom. The van der Waals surface area contributed by atoms with Crippen molar-refractivity contribution in [3.8, 4) is 0 Å². The van der Waals surface area contributed by atoms with Crippen molar-refractivity contribution in [2.24, 2.45) is 5.92 Å². The van der Waals surface area contributed by atoms with Gasteiger partial charge in [-0.3, -0.25) is 0 Å². The first-order valence-electron chi connectivity index (χ1n) is 10.7. The lowest BCUT2D eigenvalue weighted by Crippen LogP contribution is -2.45. The van der Waals surface area contributed by atoms with Gasteiger partial charge < -0.3 is 19.3 Å². The van der Waals surface area contributed by atoms with Gasteiger partial charge in [-0.1, -0.05) is 29.8 Å². The normalized spacial score (nSPS) is 18.8. The zero-order valence-electron chi connectivity index (χ0n) is 19.0. The van der Waals surface area contributed by atoms with Crippen LogP contribution in [0.3, 0.4) is 0 Å². The number of anilines is 1. The van der Waals surface area contributed by atoms with Gasteiger partial charge in [0.25, 0.3) is 0 Å². The molecular formula is C23H35BrN2O4. The maximum atomic E-state index is 12.3. The van der Waals surface area contributed by atoms with Crippen LogP contribution in [0.5, 0.6) is 0 Å². The molecule has 0 aliphatic heterocycles. The van der Waals surface area contributed by atoms with Crippen molar-refractivity contribution in [3.63, 3.8) is 0 Å². The molecule has 1 aliphatic carbocycles. The smallest absolute Gasteiger partial charge is 0.409 e. The second kappa shape index (κ2) is 11.0. The lowest BCUT2D eigenvalue weighted by molar-refractivity contribution is 0.0599. The predicted molar refractivity (Wildman–Crippen MR) is 123 cm³/mol. The second-order valence-electron chi connectivity index (χ2n) is 8.42. The van der Waals surface area contributed by atoms with E-state index in [9.17, 15) is 9.59 Å². The molecule has 1 aromatic carbocycles. The number of esters is 1. The minimum Gasteiger partial charge on any atom is -0.465 e. The summed E-state index contributed by atoms with van der Waals surface area (Å²) in [5.74, 6) is 0.0101. The first-order valence-corrected chi connectivity index (χ1v) is 11.5. The maximum absolute atomic E-state index is 12.3. The molecule has 0 atom stereocenters. The van der Waals surface area contributed by atoms with Crippen LogP contribution >= 0.6 is 15.9 Å². The number of halogens is 1. The SMILES string of the molecule is CCN(c1cc(Br)cc(C(=O)OC)c1C)C1CCC(N(C)C(=O)OCC(C)C)CC1. The summed E-state index contributed by atoms with van der Waals surface area (Å²) < 4.78 is 11.2.